The van der Waals surface area contributed by atoms with Crippen LogP contribution >= 0.6 is 0 Å². The monoisotopic (exact) mass is 246 g/mol. The highest BCUT2D eigenvalue weighted by Gasteiger charge is 2.04. The zero-order valence-corrected chi connectivity index (χ0v) is 11.0. The maximum atomic E-state index is 3.33. The van der Waals surface area contributed by atoms with Gasteiger partial charge in [-0.15, -0.1) is 0 Å². The number of aromatic nitrogens is 1. The van der Waals surface area contributed by atoms with Crippen LogP contribution < -0.4 is 4.40 Å². The number of hydrogen-bond acceptors (Lipinski definition) is 0. The third-order valence-electron chi connectivity index (χ3n) is 3.32. The van der Waals surface area contributed by atoms with Crippen molar-refractivity contribution >= 4 is 5.52 Å². The fraction of sp³-hybridized carbons (Fsp3) is 0.167. The molecule has 0 fully saturated rings. The molecular formula is C18H16N+. The standard InChI is InChI=1S/C18H16N/c1-15-5-7-16(8-6-15)9-10-17-11-12-18-4-2-3-13-19(18)14-17/h2-7,11-14,16H,8H2,1H3/q+1. The molecule has 92 valence electrons. The topological polar surface area (TPSA) is 4.10 Å². The lowest BCUT2D eigenvalue weighted by atomic mass is 9.98. The zero-order valence-electron chi connectivity index (χ0n) is 11.0. The molecule has 0 saturated carbocycles. The van der Waals surface area contributed by atoms with E-state index in [2.05, 4.69) is 65.8 Å². The minimum atomic E-state index is 0.347. The van der Waals surface area contributed by atoms with E-state index in [9.17, 15) is 0 Å². The smallest absolute Gasteiger partial charge is 0.166 e. The molecule has 1 aliphatic carbocycles. The molecule has 0 bridgehead atoms. The van der Waals surface area contributed by atoms with Gasteiger partial charge in [0.25, 0.3) is 0 Å². The third kappa shape index (κ3) is 2.74. The molecule has 1 heteroatoms. The van der Waals surface area contributed by atoms with Gasteiger partial charge in [-0.2, -0.15) is 4.40 Å². The van der Waals surface area contributed by atoms with E-state index < -0.39 is 0 Å². The molecule has 2 aromatic heterocycles. The summed E-state index contributed by atoms with van der Waals surface area (Å²) < 4.78 is 2.10. The van der Waals surface area contributed by atoms with Crippen molar-refractivity contribution in [2.45, 2.75) is 13.3 Å². The summed E-state index contributed by atoms with van der Waals surface area (Å²) >= 11 is 0. The van der Waals surface area contributed by atoms with Gasteiger partial charge < -0.3 is 0 Å². The van der Waals surface area contributed by atoms with Crippen molar-refractivity contribution in [2.75, 3.05) is 0 Å². The molecular weight excluding hydrogens is 230 g/mol. The van der Waals surface area contributed by atoms with Crippen molar-refractivity contribution in [2.24, 2.45) is 5.92 Å². The largest absolute Gasteiger partial charge is 0.210 e. The lowest BCUT2D eigenvalue weighted by Gasteiger charge is -2.07. The van der Waals surface area contributed by atoms with Crippen molar-refractivity contribution in [3.63, 3.8) is 0 Å². The number of allylic oxidation sites excluding steroid dienone is 4. The first-order valence-electron chi connectivity index (χ1n) is 6.58. The van der Waals surface area contributed by atoms with Gasteiger partial charge in [-0.1, -0.05) is 35.6 Å². The van der Waals surface area contributed by atoms with Gasteiger partial charge >= 0.3 is 0 Å². The molecule has 2 aromatic rings. The minimum Gasteiger partial charge on any atom is -0.166 e. The Labute approximate surface area is 113 Å². The molecule has 0 spiro atoms. The molecule has 0 N–H and O–H groups in total. The average molecular weight is 246 g/mol. The van der Waals surface area contributed by atoms with Crippen LogP contribution in [0.25, 0.3) is 5.52 Å². The van der Waals surface area contributed by atoms with E-state index in [1.807, 2.05) is 18.3 Å². The highest BCUT2D eigenvalue weighted by Crippen LogP contribution is 2.15. The Bertz CT molecular complexity index is 726. The van der Waals surface area contributed by atoms with Gasteiger partial charge in [0.1, 0.15) is 0 Å². The summed E-state index contributed by atoms with van der Waals surface area (Å²) in [4.78, 5) is 0. The SMILES string of the molecule is CC1=CCC(C#Cc2ccc3cccc[n+]3c2)C=C1. The molecule has 1 atom stereocenters. The van der Waals surface area contributed by atoms with Crippen LogP contribution in [0.3, 0.4) is 0 Å². The Morgan fingerprint density at radius 1 is 1.21 bits per heavy atom. The summed E-state index contributed by atoms with van der Waals surface area (Å²) in [7, 11) is 0. The maximum Gasteiger partial charge on any atom is 0.210 e. The first-order chi connectivity index (χ1) is 9.31. The van der Waals surface area contributed by atoms with Crippen molar-refractivity contribution in [3.05, 3.63) is 72.1 Å². The van der Waals surface area contributed by atoms with Crippen LogP contribution in [0.15, 0.2) is 66.5 Å². The highest BCUT2D eigenvalue weighted by molar-refractivity contribution is 5.43. The summed E-state index contributed by atoms with van der Waals surface area (Å²) in [5.41, 5.74) is 3.58. The Kier molecular flexibility index (Phi) is 3.16. The second-order valence-electron chi connectivity index (χ2n) is 4.87. The zero-order chi connectivity index (χ0) is 13.1. The predicted molar refractivity (Wildman–Crippen MR) is 77.5 cm³/mol. The van der Waals surface area contributed by atoms with Gasteiger partial charge in [-0.25, -0.2) is 0 Å². The molecule has 0 saturated heterocycles. The second kappa shape index (κ2) is 5.12. The van der Waals surface area contributed by atoms with Crippen molar-refractivity contribution < 1.29 is 4.40 Å². The van der Waals surface area contributed by atoms with E-state index >= 15 is 0 Å². The van der Waals surface area contributed by atoms with Gasteiger partial charge in [-0.3, -0.25) is 0 Å². The summed E-state index contributed by atoms with van der Waals surface area (Å²) in [6.45, 7) is 2.13. The minimum absolute atomic E-state index is 0.347. The lowest BCUT2D eigenvalue weighted by Crippen LogP contribution is -2.20. The van der Waals surface area contributed by atoms with Crippen LogP contribution in [-0.2, 0) is 0 Å². The highest BCUT2D eigenvalue weighted by atomic mass is 14.8. The molecule has 0 aliphatic heterocycles. The van der Waals surface area contributed by atoms with E-state index in [1.54, 1.807) is 0 Å². The van der Waals surface area contributed by atoms with Gasteiger partial charge in [0, 0.05) is 24.1 Å². The van der Waals surface area contributed by atoms with E-state index in [4.69, 9.17) is 0 Å². The van der Waals surface area contributed by atoms with Crippen LogP contribution in [0.1, 0.15) is 18.9 Å². The second-order valence-corrected chi connectivity index (χ2v) is 4.87. The van der Waals surface area contributed by atoms with Crippen LogP contribution in [0.2, 0.25) is 0 Å². The molecule has 1 unspecified atom stereocenters. The van der Waals surface area contributed by atoms with E-state index in [0.717, 1.165) is 12.0 Å². The number of nitrogens with zero attached hydrogens (tertiary/aromatic N) is 1. The molecule has 2 heterocycles. The maximum absolute atomic E-state index is 3.33. The predicted octanol–water partition coefficient (Wildman–Crippen LogP) is 3.30. The molecule has 3 rings (SSSR count). The van der Waals surface area contributed by atoms with Gasteiger partial charge in [-0.05, 0) is 25.5 Å². The van der Waals surface area contributed by atoms with Crippen LogP contribution in [0.4, 0.5) is 0 Å². The van der Waals surface area contributed by atoms with Crippen LogP contribution in [0.5, 0.6) is 0 Å². The van der Waals surface area contributed by atoms with Crippen LogP contribution in [-0.4, -0.2) is 0 Å². The van der Waals surface area contributed by atoms with Gasteiger partial charge in [0.2, 0.25) is 5.52 Å². The van der Waals surface area contributed by atoms with Crippen LogP contribution in [0, 0.1) is 17.8 Å². The Morgan fingerprint density at radius 3 is 3.00 bits per heavy atom. The third-order valence-corrected chi connectivity index (χ3v) is 3.32. The number of fused-ring (bicyclic) bond motifs is 1. The molecule has 19 heavy (non-hydrogen) atoms. The molecule has 1 aliphatic rings. The van der Waals surface area contributed by atoms with E-state index in [0.29, 0.717) is 5.92 Å². The Morgan fingerprint density at radius 2 is 2.16 bits per heavy atom. The quantitative estimate of drug-likeness (QED) is 0.496. The van der Waals surface area contributed by atoms with Gasteiger partial charge in [0.15, 0.2) is 12.4 Å². The fourth-order valence-electron chi connectivity index (χ4n) is 2.18. The first-order valence-corrected chi connectivity index (χ1v) is 6.58. The first kappa shape index (κ1) is 11.7. The molecule has 1 nitrogen and oxygen atoms in total. The Hall–Kier alpha value is -2.33. The Balaban J connectivity index is 1.84. The summed E-state index contributed by atoms with van der Waals surface area (Å²) in [5, 5.41) is 0. The average Bonchev–Trinajstić information content (AvgIpc) is 2.46. The normalized spacial score (nSPS) is 17.7. The molecule has 0 amide bonds. The van der Waals surface area contributed by atoms with E-state index in [1.165, 1.54) is 11.1 Å². The van der Waals surface area contributed by atoms with Gasteiger partial charge in [0.05, 0.1) is 5.56 Å². The molecule has 0 aromatic carbocycles. The summed E-state index contributed by atoms with van der Waals surface area (Å²) in [6.07, 6.45) is 11.7. The number of pyridine rings is 2. The lowest BCUT2D eigenvalue weighted by molar-refractivity contribution is -0.512. The van der Waals surface area contributed by atoms with Crippen molar-refractivity contribution in [1.82, 2.24) is 0 Å². The summed E-state index contributed by atoms with van der Waals surface area (Å²) in [6, 6.07) is 10.3. The number of rotatable bonds is 0. The fourth-order valence-corrected chi connectivity index (χ4v) is 2.18. The van der Waals surface area contributed by atoms with Crippen molar-refractivity contribution in [1.29, 1.82) is 0 Å². The van der Waals surface area contributed by atoms with Crippen molar-refractivity contribution in [3.8, 4) is 11.8 Å². The summed E-state index contributed by atoms with van der Waals surface area (Å²) in [5.74, 6) is 6.95. The van der Waals surface area contributed by atoms with E-state index in [-0.39, 0.29) is 0 Å². The number of hydrogen-bond donors (Lipinski definition) is 0. The molecule has 0 radical (unpaired) electrons.